The van der Waals surface area contributed by atoms with Crippen LogP contribution in [0.5, 0.6) is 0 Å². The molecule has 0 fully saturated rings. The Morgan fingerprint density at radius 1 is 1.04 bits per heavy atom. The molecular formula is C19H24FN3O3S. The Balaban J connectivity index is 2.01. The Morgan fingerprint density at radius 2 is 1.67 bits per heavy atom. The second-order valence-electron chi connectivity index (χ2n) is 5.89. The number of anilines is 1. The van der Waals surface area contributed by atoms with E-state index in [-0.39, 0.29) is 16.5 Å². The molecule has 0 atom stereocenters. The van der Waals surface area contributed by atoms with Gasteiger partial charge in [-0.15, -0.1) is 0 Å². The molecule has 0 saturated carbocycles. The van der Waals surface area contributed by atoms with Gasteiger partial charge in [0.25, 0.3) is 15.9 Å². The lowest BCUT2D eigenvalue weighted by Gasteiger charge is -2.18. The molecule has 0 aliphatic rings. The highest BCUT2D eigenvalue weighted by atomic mass is 32.2. The van der Waals surface area contributed by atoms with E-state index in [1.54, 1.807) is 0 Å². The van der Waals surface area contributed by atoms with Crippen LogP contribution in [-0.4, -0.2) is 45.4 Å². The topological polar surface area (TPSA) is 78.5 Å². The third-order valence-corrected chi connectivity index (χ3v) is 5.53. The zero-order valence-electron chi connectivity index (χ0n) is 15.4. The fourth-order valence-corrected chi connectivity index (χ4v) is 3.57. The summed E-state index contributed by atoms with van der Waals surface area (Å²) in [5.74, 6) is -0.932. The van der Waals surface area contributed by atoms with Gasteiger partial charge in [-0.1, -0.05) is 26.0 Å². The summed E-state index contributed by atoms with van der Waals surface area (Å²) in [4.78, 5) is 14.3. The summed E-state index contributed by atoms with van der Waals surface area (Å²) in [7, 11) is -3.94. The standard InChI is InChI=1S/C19H24FN3O3S/c1-3-23(4-2)14-13-21-19(24)15-9-11-16(12-10-15)27(25,26)22-18-8-6-5-7-17(18)20/h5-12,22H,3-4,13-14H2,1-2H3,(H,21,24). The molecule has 0 spiro atoms. The second kappa shape index (κ2) is 9.48. The number of para-hydroxylation sites is 1. The van der Waals surface area contributed by atoms with Crippen LogP contribution in [0.25, 0.3) is 0 Å². The number of nitrogens with zero attached hydrogens (tertiary/aromatic N) is 1. The van der Waals surface area contributed by atoms with Gasteiger partial charge in [0, 0.05) is 18.7 Å². The predicted molar refractivity (Wildman–Crippen MR) is 104 cm³/mol. The van der Waals surface area contributed by atoms with Crippen molar-refractivity contribution in [2.45, 2.75) is 18.7 Å². The van der Waals surface area contributed by atoms with Crippen LogP contribution in [0.2, 0.25) is 0 Å². The molecule has 0 aliphatic heterocycles. The van der Waals surface area contributed by atoms with Gasteiger partial charge in [0.15, 0.2) is 0 Å². The summed E-state index contributed by atoms with van der Waals surface area (Å²) >= 11 is 0. The van der Waals surface area contributed by atoms with Gasteiger partial charge in [-0.2, -0.15) is 0 Å². The summed E-state index contributed by atoms with van der Waals surface area (Å²) in [6.45, 7) is 7.19. The Labute approximate surface area is 159 Å². The summed E-state index contributed by atoms with van der Waals surface area (Å²) < 4.78 is 40.6. The van der Waals surface area contributed by atoms with Crippen molar-refractivity contribution < 1.29 is 17.6 Å². The zero-order chi connectivity index (χ0) is 19.9. The van der Waals surface area contributed by atoms with Crippen molar-refractivity contribution in [1.82, 2.24) is 10.2 Å². The Hall–Kier alpha value is -2.45. The Kier molecular flexibility index (Phi) is 7.32. The number of nitrogens with one attached hydrogen (secondary N) is 2. The zero-order valence-corrected chi connectivity index (χ0v) is 16.2. The van der Waals surface area contributed by atoms with Crippen LogP contribution in [0.3, 0.4) is 0 Å². The van der Waals surface area contributed by atoms with Crippen molar-refractivity contribution in [2.24, 2.45) is 0 Å². The first kappa shape index (κ1) is 20.9. The van der Waals surface area contributed by atoms with Gasteiger partial charge in [0.2, 0.25) is 0 Å². The molecule has 2 rings (SSSR count). The summed E-state index contributed by atoms with van der Waals surface area (Å²) in [5.41, 5.74) is 0.232. The maximum atomic E-state index is 13.6. The minimum Gasteiger partial charge on any atom is -0.351 e. The average molecular weight is 393 g/mol. The van der Waals surface area contributed by atoms with E-state index >= 15 is 0 Å². The van der Waals surface area contributed by atoms with E-state index in [2.05, 4.69) is 28.8 Å². The smallest absolute Gasteiger partial charge is 0.261 e. The number of amides is 1. The molecule has 0 bridgehead atoms. The van der Waals surface area contributed by atoms with Crippen LogP contribution in [0.15, 0.2) is 53.4 Å². The molecule has 0 aromatic heterocycles. The lowest BCUT2D eigenvalue weighted by Crippen LogP contribution is -2.34. The van der Waals surface area contributed by atoms with Gasteiger partial charge in [-0.05, 0) is 49.5 Å². The lowest BCUT2D eigenvalue weighted by molar-refractivity contribution is 0.0949. The van der Waals surface area contributed by atoms with E-state index in [4.69, 9.17) is 0 Å². The molecule has 27 heavy (non-hydrogen) atoms. The number of carbonyl (C=O) groups is 1. The van der Waals surface area contributed by atoms with E-state index in [9.17, 15) is 17.6 Å². The van der Waals surface area contributed by atoms with Crippen molar-refractivity contribution in [3.05, 3.63) is 59.9 Å². The Bertz CT molecular complexity index is 866. The number of carbonyl (C=O) groups excluding carboxylic acids is 1. The fourth-order valence-electron chi connectivity index (χ4n) is 2.50. The molecule has 2 aromatic carbocycles. The normalized spacial score (nSPS) is 11.4. The van der Waals surface area contributed by atoms with Gasteiger partial charge < -0.3 is 10.2 Å². The maximum Gasteiger partial charge on any atom is 0.261 e. The van der Waals surface area contributed by atoms with Gasteiger partial charge in [0.05, 0.1) is 10.6 Å². The number of halogens is 1. The SMILES string of the molecule is CCN(CC)CCNC(=O)c1ccc(S(=O)(=O)Nc2ccccc2F)cc1. The van der Waals surface area contributed by atoms with Crippen LogP contribution >= 0.6 is 0 Å². The molecule has 0 radical (unpaired) electrons. The first-order chi connectivity index (χ1) is 12.9. The molecule has 0 aliphatic carbocycles. The Morgan fingerprint density at radius 3 is 2.26 bits per heavy atom. The predicted octanol–water partition coefficient (Wildman–Crippen LogP) is 2.70. The van der Waals surface area contributed by atoms with Gasteiger partial charge in [-0.3, -0.25) is 9.52 Å². The minimum absolute atomic E-state index is 0.0505. The van der Waals surface area contributed by atoms with Gasteiger partial charge in [-0.25, -0.2) is 12.8 Å². The van der Waals surface area contributed by atoms with Crippen LogP contribution in [0, 0.1) is 5.82 Å². The largest absolute Gasteiger partial charge is 0.351 e. The molecule has 1 amide bonds. The first-order valence-electron chi connectivity index (χ1n) is 8.75. The quantitative estimate of drug-likeness (QED) is 0.687. The molecule has 0 heterocycles. The van der Waals surface area contributed by atoms with Crippen molar-refractivity contribution in [1.29, 1.82) is 0 Å². The summed E-state index contributed by atoms with van der Waals surface area (Å²) in [6.07, 6.45) is 0. The highest BCUT2D eigenvalue weighted by Crippen LogP contribution is 2.19. The molecule has 0 saturated heterocycles. The number of hydrogen-bond donors (Lipinski definition) is 2. The van der Waals surface area contributed by atoms with E-state index in [0.717, 1.165) is 19.6 Å². The maximum absolute atomic E-state index is 13.6. The highest BCUT2D eigenvalue weighted by molar-refractivity contribution is 7.92. The second-order valence-corrected chi connectivity index (χ2v) is 7.57. The van der Waals surface area contributed by atoms with E-state index < -0.39 is 15.8 Å². The van der Waals surface area contributed by atoms with Crippen molar-refractivity contribution >= 4 is 21.6 Å². The van der Waals surface area contributed by atoms with Gasteiger partial charge in [0.1, 0.15) is 5.82 Å². The summed E-state index contributed by atoms with van der Waals surface area (Å²) in [6, 6.07) is 11.0. The third kappa shape index (κ3) is 5.77. The fraction of sp³-hybridized carbons (Fsp3) is 0.316. The highest BCUT2D eigenvalue weighted by Gasteiger charge is 2.17. The number of hydrogen-bond acceptors (Lipinski definition) is 4. The van der Waals surface area contributed by atoms with Crippen LogP contribution < -0.4 is 10.0 Å². The van der Waals surface area contributed by atoms with Crippen LogP contribution in [0.1, 0.15) is 24.2 Å². The van der Waals surface area contributed by atoms with Crippen LogP contribution in [-0.2, 0) is 10.0 Å². The minimum atomic E-state index is -3.94. The number of likely N-dealkylation sites (N-methyl/N-ethyl adjacent to an activating group) is 1. The molecule has 2 N–H and O–H groups in total. The van der Waals surface area contributed by atoms with Crippen molar-refractivity contribution in [3.63, 3.8) is 0 Å². The number of rotatable bonds is 9. The first-order valence-corrected chi connectivity index (χ1v) is 10.2. The summed E-state index contributed by atoms with van der Waals surface area (Å²) in [5, 5.41) is 2.81. The molecule has 146 valence electrons. The van der Waals surface area contributed by atoms with E-state index in [1.165, 1.54) is 48.5 Å². The lowest BCUT2D eigenvalue weighted by atomic mass is 10.2. The molecule has 6 nitrogen and oxygen atoms in total. The number of sulfonamides is 1. The molecule has 8 heteroatoms. The van der Waals surface area contributed by atoms with Crippen LogP contribution in [0.4, 0.5) is 10.1 Å². The van der Waals surface area contributed by atoms with Crippen molar-refractivity contribution in [3.8, 4) is 0 Å². The molecule has 2 aromatic rings. The van der Waals surface area contributed by atoms with Crippen molar-refractivity contribution in [2.75, 3.05) is 30.9 Å². The monoisotopic (exact) mass is 393 g/mol. The van der Waals surface area contributed by atoms with Gasteiger partial charge >= 0.3 is 0 Å². The molecule has 0 unspecified atom stereocenters. The number of benzene rings is 2. The molecular weight excluding hydrogens is 369 g/mol. The third-order valence-electron chi connectivity index (χ3n) is 4.15. The van der Waals surface area contributed by atoms with E-state index in [1.807, 2.05) is 0 Å². The average Bonchev–Trinajstić information content (AvgIpc) is 2.67. The van der Waals surface area contributed by atoms with E-state index in [0.29, 0.717) is 12.1 Å².